The molecule has 0 spiro atoms. The van der Waals surface area contributed by atoms with Gasteiger partial charge in [-0.15, -0.1) is 0 Å². The Kier molecular flexibility index (Phi) is 6.86. The number of anilines is 2. The minimum atomic E-state index is -0.227. The van der Waals surface area contributed by atoms with Gasteiger partial charge in [-0.2, -0.15) is 5.10 Å². The molecule has 0 atom stereocenters. The van der Waals surface area contributed by atoms with Crippen LogP contribution >= 0.6 is 0 Å². The fourth-order valence-electron chi connectivity index (χ4n) is 2.95. The van der Waals surface area contributed by atoms with Crippen LogP contribution < -0.4 is 20.4 Å². The normalized spacial score (nSPS) is 14.5. The van der Waals surface area contributed by atoms with Gasteiger partial charge in [-0.25, -0.2) is 5.43 Å². The van der Waals surface area contributed by atoms with Crippen LogP contribution in [-0.4, -0.2) is 51.6 Å². The Bertz CT molecular complexity index is 815. The third kappa shape index (κ3) is 5.23. The largest absolute Gasteiger partial charge is 0.495 e. The SMILES string of the molecule is COc1ccccc1NCC(=O)N/N=C(/C)c1ccc(N2CCOCC2)cc1. The molecule has 1 saturated heterocycles. The Hall–Kier alpha value is -3.06. The number of hydrazone groups is 1. The van der Waals surface area contributed by atoms with E-state index in [1.165, 1.54) is 5.69 Å². The molecule has 2 aromatic rings. The van der Waals surface area contributed by atoms with Gasteiger partial charge in [0.2, 0.25) is 0 Å². The minimum Gasteiger partial charge on any atom is -0.495 e. The van der Waals surface area contributed by atoms with Gasteiger partial charge in [0.15, 0.2) is 0 Å². The van der Waals surface area contributed by atoms with E-state index >= 15 is 0 Å². The zero-order valence-corrected chi connectivity index (χ0v) is 16.3. The molecule has 1 amide bonds. The van der Waals surface area contributed by atoms with Gasteiger partial charge in [0.25, 0.3) is 5.91 Å². The Morgan fingerprint density at radius 2 is 1.86 bits per heavy atom. The molecule has 0 aromatic heterocycles. The maximum atomic E-state index is 12.1. The maximum absolute atomic E-state index is 12.1. The molecule has 2 N–H and O–H groups in total. The number of methoxy groups -OCH3 is 1. The summed E-state index contributed by atoms with van der Waals surface area (Å²) in [5, 5.41) is 7.25. The number of nitrogens with one attached hydrogen (secondary N) is 2. The van der Waals surface area contributed by atoms with E-state index in [2.05, 4.69) is 32.9 Å². The van der Waals surface area contributed by atoms with E-state index in [9.17, 15) is 4.79 Å². The van der Waals surface area contributed by atoms with Gasteiger partial charge in [-0.05, 0) is 36.8 Å². The Labute approximate surface area is 165 Å². The summed E-state index contributed by atoms with van der Waals surface area (Å²) in [4.78, 5) is 14.4. The van der Waals surface area contributed by atoms with E-state index in [4.69, 9.17) is 9.47 Å². The van der Waals surface area contributed by atoms with Gasteiger partial charge in [-0.3, -0.25) is 4.79 Å². The van der Waals surface area contributed by atoms with Crippen molar-refractivity contribution in [3.8, 4) is 5.75 Å². The molecule has 2 aromatic carbocycles. The standard InChI is InChI=1S/C21H26N4O3/c1-16(17-7-9-18(10-8-17)25-11-13-28-14-12-25)23-24-21(26)15-22-19-5-3-4-6-20(19)27-2/h3-10,22H,11-15H2,1-2H3,(H,24,26)/b23-16-. The van der Waals surface area contributed by atoms with Crippen LogP contribution in [0.2, 0.25) is 0 Å². The smallest absolute Gasteiger partial charge is 0.259 e. The van der Waals surface area contributed by atoms with E-state index in [0.29, 0.717) is 5.75 Å². The molecule has 0 saturated carbocycles. The average molecular weight is 382 g/mol. The number of hydrogen-bond donors (Lipinski definition) is 2. The average Bonchev–Trinajstić information content (AvgIpc) is 2.77. The number of rotatable bonds is 7. The number of carbonyl (C=O) groups is 1. The van der Waals surface area contributed by atoms with Gasteiger partial charge in [0.1, 0.15) is 5.75 Å². The number of ether oxygens (including phenoxy) is 2. The predicted octanol–water partition coefficient (Wildman–Crippen LogP) is 2.48. The number of nitrogens with zero attached hydrogens (tertiary/aromatic N) is 2. The number of morpholine rings is 1. The quantitative estimate of drug-likeness (QED) is 0.568. The van der Waals surface area contributed by atoms with Crippen molar-refractivity contribution in [2.75, 3.05) is 50.2 Å². The monoisotopic (exact) mass is 382 g/mol. The third-order valence-corrected chi connectivity index (χ3v) is 4.56. The molecule has 7 heteroatoms. The van der Waals surface area contributed by atoms with Crippen LogP contribution in [0.4, 0.5) is 11.4 Å². The first-order valence-electron chi connectivity index (χ1n) is 9.30. The summed E-state index contributed by atoms with van der Waals surface area (Å²) >= 11 is 0. The molecule has 0 radical (unpaired) electrons. The predicted molar refractivity (Wildman–Crippen MR) is 111 cm³/mol. The summed E-state index contributed by atoms with van der Waals surface area (Å²) in [6.07, 6.45) is 0. The van der Waals surface area contributed by atoms with Crippen LogP contribution in [-0.2, 0) is 9.53 Å². The molecule has 1 aliphatic heterocycles. The van der Waals surface area contributed by atoms with E-state index in [1.54, 1.807) is 7.11 Å². The fraction of sp³-hybridized carbons (Fsp3) is 0.333. The van der Waals surface area contributed by atoms with Gasteiger partial charge < -0.3 is 19.7 Å². The second kappa shape index (κ2) is 9.75. The second-order valence-electron chi connectivity index (χ2n) is 6.43. The maximum Gasteiger partial charge on any atom is 0.259 e. The van der Waals surface area contributed by atoms with Crippen molar-refractivity contribution in [2.24, 2.45) is 5.10 Å². The molecule has 1 fully saturated rings. The van der Waals surface area contributed by atoms with Gasteiger partial charge in [0.05, 0.1) is 38.3 Å². The zero-order valence-electron chi connectivity index (χ0n) is 16.3. The molecule has 1 heterocycles. The summed E-state index contributed by atoms with van der Waals surface area (Å²) in [7, 11) is 1.60. The lowest BCUT2D eigenvalue weighted by molar-refractivity contribution is -0.119. The topological polar surface area (TPSA) is 75.2 Å². The van der Waals surface area contributed by atoms with Crippen molar-refractivity contribution >= 4 is 23.0 Å². The molecule has 0 unspecified atom stereocenters. The Morgan fingerprint density at radius 3 is 2.57 bits per heavy atom. The summed E-state index contributed by atoms with van der Waals surface area (Å²) in [6.45, 7) is 5.31. The highest BCUT2D eigenvalue weighted by atomic mass is 16.5. The second-order valence-corrected chi connectivity index (χ2v) is 6.43. The molecule has 148 valence electrons. The summed E-state index contributed by atoms with van der Waals surface area (Å²) < 4.78 is 10.6. The molecule has 1 aliphatic rings. The van der Waals surface area contributed by atoms with Crippen LogP contribution in [0.1, 0.15) is 12.5 Å². The summed E-state index contributed by atoms with van der Waals surface area (Å²) in [5.41, 5.74) is 6.24. The highest BCUT2D eigenvalue weighted by Crippen LogP contribution is 2.22. The number of benzene rings is 2. The number of carbonyl (C=O) groups excluding carboxylic acids is 1. The summed E-state index contributed by atoms with van der Waals surface area (Å²) in [6, 6.07) is 15.6. The van der Waals surface area contributed by atoms with Gasteiger partial charge >= 0.3 is 0 Å². The van der Waals surface area contributed by atoms with Crippen molar-refractivity contribution in [1.29, 1.82) is 0 Å². The minimum absolute atomic E-state index is 0.104. The van der Waals surface area contributed by atoms with E-state index < -0.39 is 0 Å². The van der Waals surface area contributed by atoms with Crippen molar-refractivity contribution in [1.82, 2.24) is 5.43 Å². The lowest BCUT2D eigenvalue weighted by Gasteiger charge is -2.28. The first-order valence-corrected chi connectivity index (χ1v) is 9.30. The lowest BCUT2D eigenvalue weighted by atomic mass is 10.1. The van der Waals surface area contributed by atoms with Crippen molar-refractivity contribution in [2.45, 2.75) is 6.92 Å². The van der Waals surface area contributed by atoms with Crippen LogP contribution in [0.3, 0.4) is 0 Å². The Morgan fingerprint density at radius 1 is 1.14 bits per heavy atom. The van der Waals surface area contributed by atoms with E-state index in [-0.39, 0.29) is 12.5 Å². The third-order valence-electron chi connectivity index (χ3n) is 4.56. The molecule has 0 aliphatic carbocycles. The molecule has 3 rings (SSSR count). The van der Waals surface area contributed by atoms with Crippen molar-refractivity contribution in [3.63, 3.8) is 0 Å². The van der Waals surface area contributed by atoms with Crippen LogP contribution in [0.5, 0.6) is 5.75 Å². The number of para-hydroxylation sites is 2. The van der Waals surface area contributed by atoms with E-state index in [0.717, 1.165) is 43.3 Å². The van der Waals surface area contributed by atoms with E-state index in [1.807, 2.05) is 43.3 Å². The highest BCUT2D eigenvalue weighted by molar-refractivity contribution is 5.99. The van der Waals surface area contributed by atoms with Crippen molar-refractivity contribution < 1.29 is 14.3 Å². The number of amides is 1. The van der Waals surface area contributed by atoms with Crippen LogP contribution in [0.25, 0.3) is 0 Å². The molecular formula is C21H26N4O3. The number of hydrogen-bond acceptors (Lipinski definition) is 6. The van der Waals surface area contributed by atoms with Crippen LogP contribution in [0, 0.1) is 0 Å². The lowest BCUT2D eigenvalue weighted by Crippen LogP contribution is -2.36. The van der Waals surface area contributed by atoms with Crippen LogP contribution in [0.15, 0.2) is 53.6 Å². The first-order chi connectivity index (χ1) is 13.7. The van der Waals surface area contributed by atoms with Gasteiger partial charge in [0, 0.05) is 18.8 Å². The molecule has 0 bridgehead atoms. The fourth-order valence-corrected chi connectivity index (χ4v) is 2.95. The molecular weight excluding hydrogens is 356 g/mol. The zero-order chi connectivity index (χ0) is 19.8. The first kappa shape index (κ1) is 19.7. The highest BCUT2D eigenvalue weighted by Gasteiger charge is 2.11. The van der Waals surface area contributed by atoms with Gasteiger partial charge in [-0.1, -0.05) is 24.3 Å². The molecule has 7 nitrogen and oxygen atoms in total. The summed E-state index contributed by atoms with van der Waals surface area (Å²) in [5.74, 6) is 0.463. The van der Waals surface area contributed by atoms with Crippen molar-refractivity contribution in [3.05, 3.63) is 54.1 Å². The Balaban J connectivity index is 1.52. The molecule has 28 heavy (non-hydrogen) atoms.